The standard InChI is InChI=1S/C14H20N2O2/c1-10(15-5)11-6-8-12(9-7-11)16-13(17)18-14(2,3)4/h6-9H,1-5H3,(H,16,17). The minimum Gasteiger partial charge on any atom is -0.444 e. The number of amides is 1. The van der Waals surface area contributed by atoms with Crippen molar-refractivity contribution in [1.82, 2.24) is 0 Å². The first-order chi connectivity index (χ1) is 8.31. The molecule has 1 amide bonds. The fraction of sp³-hybridized carbons (Fsp3) is 0.429. The summed E-state index contributed by atoms with van der Waals surface area (Å²) in [6.07, 6.45) is -0.448. The molecule has 0 aliphatic rings. The van der Waals surface area contributed by atoms with E-state index in [1.54, 1.807) is 7.05 Å². The first kappa shape index (κ1) is 14.2. The number of hydrogen-bond acceptors (Lipinski definition) is 3. The summed E-state index contributed by atoms with van der Waals surface area (Å²) in [5.74, 6) is 0. The van der Waals surface area contributed by atoms with Gasteiger partial charge in [0, 0.05) is 18.4 Å². The van der Waals surface area contributed by atoms with Crippen LogP contribution in [0.4, 0.5) is 10.5 Å². The number of carbonyl (C=O) groups is 1. The van der Waals surface area contributed by atoms with Gasteiger partial charge in [-0.1, -0.05) is 12.1 Å². The first-order valence-corrected chi connectivity index (χ1v) is 5.85. The molecule has 0 heterocycles. The Balaban J connectivity index is 2.67. The van der Waals surface area contributed by atoms with Crippen LogP contribution in [0.5, 0.6) is 0 Å². The van der Waals surface area contributed by atoms with E-state index in [4.69, 9.17) is 4.74 Å². The zero-order valence-corrected chi connectivity index (χ0v) is 11.6. The lowest BCUT2D eigenvalue weighted by atomic mass is 10.1. The molecule has 0 saturated carbocycles. The van der Waals surface area contributed by atoms with Crippen LogP contribution in [0.25, 0.3) is 0 Å². The summed E-state index contributed by atoms with van der Waals surface area (Å²) in [6.45, 7) is 7.43. The Hall–Kier alpha value is -1.84. The summed E-state index contributed by atoms with van der Waals surface area (Å²) in [5, 5.41) is 2.68. The number of carbonyl (C=O) groups excluding carboxylic acids is 1. The summed E-state index contributed by atoms with van der Waals surface area (Å²) in [4.78, 5) is 15.6. The summed E-state index contributed by atoms with van der Waals surface area (Å²) >= 11 is 0. The molecule has 0 atom stereocenters. The third-order valence-electron chi connectivity index (χ3n) is 2.28. The van der Waals surface area contributed by atoms with E-state index in [-0.39, 0.29) is 0 Å². The highest BCUT2D eigenvalue weighted by Gasteiger charge is 2.15. The maximum atomic E-state index is 11.5. The average Bonchev–Trinajstić information content (AvgIpc) is 2.26. The van der Waals surface area contributed by atoms with Crippen molar-refractivity contribution in [2.24, 2.45) is 4.99 Å². The van der Waals surface area contributed by atoms with Gasteiger partial charge in [-0.05, 0) is 45.4 Å². The minimum absolute atomic E-state index is 0.448. The zero-order chi connectivity index (χ0) is 13.8. The molecule has 0 spiro atoms. The highest BCUT2D eigenvalue weighted by molar-refractivity contribution is 5.99. The molecule has 0 saturated heterocycles. The van der Waals surface area contributed by atoms with Gasteiger partial charge in [0.2, 0.25) is 0 Å². The number of nitrogens with one attached hydrogen (secondary N) is 1. The fourth-order valence-corrected chi connectivity index (χ4v) is 1.35. The Morgan fingerprint density at radius 2 is 1.78 bits per heavy atom. The second-order valence-electron chi connectivity index (χ2n) is 5.01. The largest absolute Gasteiger partial charge is 0.444 e. The van der Waals surface area contributed by atoms with Gasteiger partial charge in [0.25, 0.3) is 0 Å². The lowest BCUT2D eigenvalue weighted by Gasteiger charge is -2.19. The van der Waals surface area contributed by atoms with Crippen LogP contribution < -0.4 is 5.32 Å². The number of aliphatic imine (C=N–C) groups is 1. The molecule has 98 valence electrons. The van der Waals surface area contributed by atoms with Crippen LogP contribution in [0.2, 0.25) is 0 Å². The van der Waals surface area contributed by atoms with E-state index < -0.39 is 11.7 Å². The summed E-state index contributed by atoms with van der Waals surface area (Å²) in [6, 6.07) is 7.48. The quantitative estimate of drug-likeness (QED) is 0.815. The van der Waals surface area contributed by atoms with Gasteiger partial charge >= 0.3 is 6.09 Å². The highest BCUT2D eigenvalue weighted by atomic mass is 16.6. The zero-order valence-electron chi connectivity index (χ0n) is 11.6. The van der Waals surface area contributed by atoms with E-state index in [2.05, 4.69) is 10.3 Å². The van der Waals surface area contributed by atoms with E-state index in [1.807, 2.05) is 52.0 Å². The number of rotatable bonds is 2. The fourth-order valence-electron chi connectivity index (χ4n) is 1.35. The molecule has 4 heteroatoms. The SMILES string of the molecule is CN=C(C)c1ccc(NC(=O)OC(C)(C)C)cc1. The molecule has 0 radical (unpaired) electrons. The van der Waals surface area contributed by atoms with Crippen molar-refractivity contribution in [2.45, 2.75) is 33.3 Å². The average molecular weight is 248 g/mol. The summed E-state index contributed by atoms with van der Waals surface area (Å²) in [7, 11) is 1.75. The number of hydrogen-bond donors (Lipinski definition) is 1. The molecule has 18 heavy (non-hydrogen) atoms. The number of benzene rings is 1. The molecule has 1 rings (SSSR count). The number of ether oxygens (including phenoxy) is 1. The molecular weight excluding hydrogens is 228 g/mol. The Bertz CT molecular complexity index is 442. The third kappa shape index (κ3) is 4.57. The normalized spacial score (nSPS) is 12.2. The summed E-state index contributed by atoms with van der Waals surface area (Å²) < 4.78 is 5.17. The van der Waals surface area contributed by atoms with Crippen LogP contribution in [0.1, 0.15) is 33.3 Å². The molecule has 0 fully saturated rings. The van der Waals surface area contributed by atoms with E-state index in [1.165, 1.54) is 0 Å². The molecule has 0 aromatic heterocycles. The Morgan fingerprint density at radius 1 is 1.22 bits per heavy atom. The molecule has 0 bridgehead atoms. The van der Waals surface area contributed by atoms with E-state index in [0.717, 1.165) is 11.3 Å². The molecule has 0 aliphatic heterocycles. The molecule has 1 aromatic rings. The van der Waals surface area contributed by atoms with Crippen molar-refractivity contribution in [3.8, 4) is 0 Å². The molecule has 4 nitrogen and oxygen atoms in total. The number of anilines is 1. The maximum absolute atomic E-state index is 11.5. The minimum atomic E-state index is -0.491. The van der Waals surface area contributed by atoms with Gasteiger partial charge in [-0.3, -0.25) is 10.3 Å². The van der Waals surface area contributed by atoms with Crippen LogP contribution in [0.15, 0.2) is 29.3 Å². The third-order valence-corrected chi connectivity index (χ3v) is 2.28. The predicted molar refractivity (Wildman–Crippen MR) is 74.4 cm³/mol. The Labute approximate surface area is 108 Å². The van der Waals surface area contributed by atoms with Gasteiger partial charge in [-0.25, -0.2) is 4.79 Å². The van der Waals surface area contributed by atoms with Crippen LogP contribution in [-0.4, -0.2) is 24.5 Å². The van der Waals surface area contributed by atoms with Gasteiger partial charge < -0.3 is 4.74 Å². The van der Waals surface area contributed by atoms with Crippen molar-refractivity contribution in [2.75, 3.05) is 12.4 Å². The van der Waals surface area contributed by atoms with Crippen LogP contribution in [-0.2, 0) is 4.74 Å². The Kier molecular flexibility index (Phi) is 4.48. The van der Waals surface area contributed by atoms with Crippen molar-refractivity contribution in [1.29, 1.82) is 0 Å². The molecule has 1 aromatic carbocycles. The van der Waals surface area contributed by atoms with Gasteiger partial charge in [0.1, 0.15) is 5.60 Å². The van der Waals surface area contributed by atoms with Crippen molar-refractivity contribution in [3.63, 3.8) is 0 Å². The smallest absolute Gasteiger partial charge is 0.412 e. The highest BCUT2D eigenvalue weighted by Crippen LogP contribution is 2.13. The van der Waals surface area contributed by atoms with E-state index in [9.17, 15) is 4.79 Å². The lowest BCUT2D eigenvalue weighted by molar-refractivity contribution is 0.0636. The first-order valence-electron chi connectivity index (χ1n) is 5.85. The van der Waals surface area contributed by atoms with Crippen molar-refractivity contribution in [3.05, 3.63) is 29.8 Å². The predicted octanol–water partition coefficient (Wildman–Crippen LogP) is 3.47. The van der Waals surface area contributed by atoms with Gasteiger partial charge in [-0.2, -0.15) is 0 Å². The monoisotopic (exact) mass is 248 g/mol. The Morgan fingerprint density at radius 3 is 2.22 bits per heavy atom. The van der Waals surface area contributed by atoms with Gasteiger partial charge in [-0.15, -0.1) is 0 Å². The second-order valence-corrected chi connectivity index (χ2v) is 5.01. The van der Waals surface area contributed by atoms with Crippen molar-refractivity contribution >= 4 is 17.5 Å². The molecule has 1 N–H and O–H groups in total. The number of nitrogens with zero attached hydrogens (tertiary/aromatic N) is 1. The topological polar surface area (TPSA) is 50.7 Å². The maximum Gasteiger partial charge on any atom is 0.412 e. The molecule has 0 aliphatic carbocycles. The molecular formula is C14H20N2O2. The van der Waals surface area contributed by atoms with Gasteiger partial charge in [0.05, 0.1) is 0 Å². The van der Waals surface area contributed by atoms with Crippen LogP contribution in [0.3, 0.4) is 0 Å². The van der Waals surface area contributed by atoms with Crippen molar-refractivity contribution < 1.29 is 9.53 Å². The molecule has 0 unspecified atom stereocenters. The second kappa shape index (κ2) is 5.67. The van der Waals surface area contributed by atoms with Crippen LogP contribution in [0, 0.1) is 0 Å². The lowest BCUT2D eigenvalue weighted by Crippen LogP contribution is -2.27. The summed E-state index contributed by atoms with van der Waals surface area (Å²) in [5.41, 5.74) is 2.21. The van der Waals surface area contributed by atoms with Crippen LogP contribution >= 0.6 is 0 Å². The van der Waals surface area contributed by atoms with Gasteiger partial charge in [0.15, 0.2) is 0 Å². The van der Waals surface area contributed by atoms with E-state index in [0.29, 0.717) is 5.69 Å². The van der Waals surface area contributed by atoms with E-state index >= 15 is 0 Å².